The Morgan fingerprint density at radius 1 is 1.45 bits per heavy atom. The van der Waals surface area contributed by atoms with Crippen molar-refractivity contribution in [2.75, 3.05) is 19.7 Å². The van der Waals surface area contributed by atoms with Crippen LogP contribution in [0.4, 0.5) is 0 Å². The SMILES string of the molecule is N#Cc1cccc(OCCCN2CCCC[C@H]2CC(N)=O)c1. The average Bonchev–Trinajstić information content (AvgIpc) is 2.52. The van der Waals surface area contributed by atoms with Crippen LogP contribution < -0.4 is 10.5 Å². The molecule has 1 aromatic rings. The fourth-order valence-corrected chi connectivity index (χ4v) is 2.93. The van der Waals surface area contributed by atoms with Crippen molar-refractivity contribution < 1.29 is 9.53 Å². The highest BCUT2D eigenvalue weighted by molar-refractivity contribution is 5.74. The van der Waals surface area contributed by atoms with E-state index in [1.165, 1.54) is 12.8 Å². The van der Waals surface area contributed by atoms with Gasteiger partial charge in [-0.15, -0.1) is 0 Å². The van der Waals surface area contributed by atoms with Crippen LogP contribution in [0.1, 0.15) is 37.7 Å². The van der Waals surface area contributed by atoms with E-state index in [-0.39, 0.29) is 11.9 Å². The van der Waals surface area contributed by atoms with E-state index in [1.54, 1.807) is 12.1 Å². The monoisotopic (exact) mass is 301 g/mol. The van der Waals surface area contributed by atoms with Gasteiger partial charge in [0.1, 0.15) is 5.75 Å². The first-order chi connectivity index (χ1) is 10.7. The summed E-state index contributed by atoms with van der Waals surface area (Å²) in [6, 6.07) is 9.57. The topological polar surface area (TPSA) is 79.3 Å². The first-order valence-electron chi connectivity index (χ1n) is 7.84. The van der Waals surface area contributed by atoms with Crippen molar-refractivity contribution in [3.05, 3.63) is 29.8 Å². The number of hydrogen-bond acceptors (Lipinski definition) is 4. The number of hydrogen-bond donors (Lipinski definition) is 1. The molecule has 0 aromatic heterocycles. The molecule has 118 valence electrons. The van der Waals surface area contributed by atoms with E-state index >= 15 is 0 Å². The summed E-state index contributed by atoms with van der Waals surface area (Å²) in [6.45, 7) is 2.55. The molecule has 0 spiro atoms. The van der Waals surface area contributed by atoms with Crippen LogP contribution >= 0.6 is 0 Å². The quantitative estimate of drug-likeness (QED) is 0.782. The van der Waals surface area contributed by atoms with Gasteiger partial charge in [0.05, 0.1) is 18.2 Å². The van der Waals surface area contributed by atoms with Crippen molar-refractivity contribution in [3.63, 3.8) is 0 Å². The average molecular weight is 301 g/mol. The minimum atomic E-state index is -0.221. The summed E-state index contributed by atoms with van der Waals surface area (Å²) in [5, 5.41) is 8.85. The zero-order valence-corrected chi connectivity index (χ0v) is 12.8. The number of ether oxygens (including phenoxy) is 1. The summed E-state index contributed by atoms with van der Waals surface area (Å²) in [5.41, 5.74) is 5.93. The van der Waals surface area contributed by atoms with E-state index in [0.29, 0.717) is 18.6 Å². The van der Waals surface area contributed by atoms with Crippen LogP contribution in [-0.4, -0.2) is 36.5 Å². The Balaban J connectivity index is 1.74. The minimum absolute atomic E-state index is 0.221. The van der Waals surface area contributed by atoms with Crippen molar-refractivity contribution in [1.29, 1.82) is 5.26 Å². The Morgan fingerprint density at radius 2 is 2.32 bits per heavy atom. The highest BCUT2D eigenvalue weighted by Crippen LogP contribution is 2.20. The third kappa shape index (κ3) is 5.05. The Labute approximate surface area is 131 Å². The van der Waals surface area contributed by atoms with Crippen LogP contribution in [0.5, 0.6) is 5.75 Å². The van der Waals surface area contributed by atoms with Gasteiger partial charge in [-0.05, 0) is 44.0 Å². The van der Waals surface area contributed by atoms with E-state index < -0.39 is 0 Å². The van der Waals surface area contributed by atoms with Crippen molar-refractivity contribution in [1.82, 2.24) is 4.90 Å². The standard InChI is InChI=1S/C17H23N3O2/c18-13-14-5-3-7-16(11-14)22-10-4-9-20-8-2-1-6-15(20)12-17(19)21/h3,5,7,11,15H,1-2,4,6,8-10,12H2,(H2,19,21)/t15-/m0/s1. The highest BCUT2D eigenvalue weighted by Gasteiger charge is 2.23. The van der Waals surface area contributed by atoms with Gasteiger partial charge in [-0.1, -0.05) is 12.5 Å². The number of piperidine rings is 1. The Hall–Kier alpha value is -2.06. The van der Waals surface area contributed by atoms with E-state index in [9.17, 15) is 4.79 Å². The second kappa shape index (κ2) is 8.40. The van der Waals surface area contributed by atoms with Gasteiger partial charge in [0.25, 0.3) is 0 Å². The highest BCUT2D eigenvalue weighted by atomic mass is 16.5. The maximum atomic E-state index is 11.1. The lowest BCUT2D eigenvalue weighted by atomic mass is 9.99. The van der Waals surface area contributed by atoms with Gasteiger partial charge in [-0.2, -0.15) is 5.26 Å². The molecule has 1 aliphatic heterocycles. The van der Waals surface area contributed by atoms with Gasteiger partial charge in [0.2, 0.25) is 5.91 Å². The molecule has 1 saturated heterocycles. The normalized spacial score (nSPS) is 18.6. The van der Waals surface area contributed by atoms with Gasteiger partial charge < -0.3 is 10.5 Å². The second-order valence-corrected chi connectivity index (χ2v) is 5.70. The Kier molecular flexibility index (Phi) is 6.23. The number of likely N-dealkylation sites (tertiary alicyclic amines) is 1. The molecule has 22 heavy (non-hydrogen) atoms. The molecule has 2 N–H and O–H groups in total. The molecular weight excluding hydrogens is 278 g/mol. The lowest BCUT2D eigenvalue weighted by molar-refractivity contribution is -0.119. The lowest BCUT2D eigenvalue weighted by Crippen LogP contribution is -2.42. The number of benzene rings is 1. The molecule has 1 fully saturated rings. The van der Waals surface area contributed by atoms with Crippen LogP contribution in [0.2, 0.25) is 0 Å². The van der Waals surface area contributed by atoms with Crippen LogP contribution in [0.25, 0.3) is 0 Å². The maximum Gasteiger partial charge on any atom is 0.218 e. The van der Waals surface area contributed by atoms with Crippen molar-refractivity contribution in [2.45, 2.75) is 38.1 Å². The van der Waals surface area contributed by atoms with E-state index in [0.717, 1.165) is 31.7 Å². The molecule has 1 aliphatic rings. The largest absolute Gasteiger partial charge is 0.494 e. The number of nitrogens with zero attached hydrogens (tertiary/aromatic N) is 2. The molecule has 1 heterocycles. The summed E-state index contributed by atoms with van der Waals surface area (Å²) < 4.78 is 5.69. The molecule has 5 nitrogen and oxygen atoms in total. The summed E-state index contributed by atoms with van der Waals surface area (Å²) in [7, 11) is 0. The number of nitriles is 1. The van der Waals surface area contributed by atoms with E-state index in [1.807, 2.05) is 12.1 Å². The zero-order chi connectivity index (χ0) is 15.8. The first kappa shape index (κ1) is 16.3. The third-order valence-electron chi connectivity index (χ3n) is 4.01. The third-order valence-corrected chi connectivity index (χ3v) is 4.01. The molecular formula is C17H23N3O2. The maximum absolute atomic E-state index is 11.1. The fraction of sp³-hybridized carbons (Fsp3) is 0.529. The summed E-state index contributed by atoms with van der Waals surface area (Å²) in [5.74, 6) is 0.507. The van der Waals surface area contributed by atoms with Gasteiger partial charge in [-0.3, -0.25) is 9.69 Å². The van der Waals surface area contributed by atoms with Crippen molar-refractivity contribution >= 4 is 5.91 Å². The number of carbonyl (C=O) groups is 1. The number of nitrogens with two attached hydrogens (primary N) is 1. The first-order valence-corrected chi connectivity index (χ1v) is 7.84. The molecule has 5 heteroatoms. The zero-order valence-electron chi connectivity index (χ0n) is 12.8. The molecule has 0 saturated carbocycles. The van der Waals surface area contributed by atoms with Crippen molar-refractivity contribution in [2.24, 2.45) is 5.73 Å². The molecule has 0 unspecified atom stereocenters. The van der Waals surface area contributed by atoms with E-state index in [2.05, 4.69) is 11.0 Å². The smallest absolute Gasteiger partial charge is 0.218 e. The number of rotatable bonds is 7. The molecule has 1 aromatic carbocycles. The molecule has 0 bridgehead atoms. The van der Waals surface area contributed by atoms with Gasteiger partial charge in [-0.25, -0.2) is 0 Å². The predicted molar refractivity (Wildman–Crippen MR) is 84.3 cm³/mol. The van der Waals surface area contributed by atoms with Crippen LogP contribution in [0.15, 0.2) is 24.3 Å². The summed E-state index contributed by atoms with van der Waals surface area (Å²) in [6.07, 6.45) is 4.75. The van der Waals surface area contributed by atoms with Crippen LogP contribution in [-0.2, 0) is 4.79 Å². The fourth-order valence-electron chi connectivity index (χ4n) is 2.93. The molecule has 1 amide bonds. The number of primary amides is 1. The minimum Gasteiger partial charge on any atom is -0.494 e. The molecule has 0 radical (unpaired) electrons. The Bertz CT molecular complexity index is 539. The number of amides is 1. The van der Waals surface area contributed by atoms with Crippen molar-refractivity contribution in [3.8, 4) is 11.8 Å². The number of carbonyl (C=O) groups excluding carboxylic acids is 1. The lowest BCUT2D eigenvalue weighted by Gasteiger charge is -2.35. The second-order valence-electron chi connectivity index (χ2n) is 5.70. The molecule has 2 rings (SSSR count). The van der Waals surface area contributed by atoms with Gasteiger partial charge in [0, 0.05) is 19.0 Å². The van der Waals surface area contributed by atoms with Crippen LogP contribution in [0, 0.1) is 11.3 Å². The summed E-state index contributed by atoms with van der Waals surface area (Å²) >= 11 is 0. The molecule has 1 atom stereocenters. The van der Waals surface area contributed by atoms with Crippen LogP contribution in [0.3, 0.4) is 0 Å². The predicted octanol–water partition coefficient (Wildman–Crippen LogP) is 2.06. The molecule has 0 aliphatic carbocycles. The Morgan fingerprint density at radius 3 is 3.09 bits per heavy atom. The van der Waals surface area contributed by atoms with Gasteiger partial charge >= 0.3 is 0 Å². The van der Waals surface area contributed by atoms with E-state index in [4.69, 9.17) is 15.7 Å². The summed E-state index contributed by atoms with van der Waals surface area (Å²) in [4.78, 5) is 13.5. The van der Waals surface area contributed by atoms with Gasteiger partial charge in [0.15, 0.2) is 0 Å².